The molecular weight excluding hydrogens is 280 g/mol. The predicted molar refractivity (Wildman–Crippen MR) is 90.0 cm³/mol. The van der Waals surface area contributed by atoms with Crippen LogP contribution in [0.4, 0.5) is 5.13 Å². The average molecular weight is 304 g/mol. The summed E-state index contributed by atoms with van der Waals surface area (Å²) in [6.07, 6.45) is 1.04. The van der Waals surface area contributed by atoms with Gasteiger partial charge in [0.15, 0.2) is 5.13 Å². The number of rotatable bonds is 6. The fourth-order valence-electron chi connectivity index (χ4n) is 2.32. The van der Waals surface area contributed by atoms with Crippen LogP contribution in [0, 0.1) is 6.92 Å². The van der Waals surface area contributed by atoms with Gasteiger partial charge in [-0.15, -0.1) is 0 Å². The predicted octanol–water partition coefficient (Wildman–Crippen LogP) is 4.09. The van der Waals surface area contributed by atoms with Crippen molar-refractivity contribution in [1.29, 1.82) is 0 Å². The van der Waals surface area contributed by atoms with Crippen molar-refractivity contribution < 1.29 is 5.11 Å². The number of aromatic nitrogens is 1. The first kappa shape index (κ1) is 16.0. The van der Waals surface area contributed by atoms with Gasteiger partial charge in [-0.3, -0.25) is 0 Å². The van der Waals surface area contributed by atoms with Crippen LogP contribution in [0.15, 0.2) is 24.3 Å². The monoisotopic (exact) mass is 304 g/mol. The number of nitrogens with zero attached hydrogens (tertiary/aromatic N) is 2. The smallest absolute Gasteiger partial charge is 0.185 e. The molecule has 1 atom stereocenters. The quantitative estimate of drug-likeness (QED) is 0.873. The topological polar surface area (TPSA) is 36.4 Å². The van der Waals surface area contributed by atoms with E-state index in [1.165, 1.54) is 11.1 Å². The van der Waals surface area contributed by atoms with Gasteiger partial charge >= 0.3 is 0 Å². The molecule has 0 aliphatic carbocycles. The number of thiazole rings is 1. The molecule has 114 valence electrons. The largest absolute Gasteiger partial charge is 0.391 e. The maximum atomic E-state index is 9.54. The lowest BCUT2D eigenvalue weighted by atomic mass is 10.0. The Balaban J connectivity index is 2.21. The van der Waals surface area contributed by atoms with Crippen LogP contribution in [-0.2, 0) is 13.2 Å². The van der Waals surface area contributed by atoms with E-state index in [-0.39, 0.29) is 6.61 Å². The summed E-state index contributed by atoms with van der Waals surface area (Å²) in [6.45, 7) is 7.37. The highest BCUT2D eigenvalue weighted by Crippen LogP contribution is 2.32. The molecule has 1 heterocycles. The Morgan fingerprint density at radius 3 is 2.67 bits per heavy atom. The van der Waals surface area contributed by atoms with Gasteiger partial charge < -0.3 is 10.0 Å². The van der Waals surface area contributed by atoms with E-state index in [9.17, 15) is 5.11 Å². The molecular formula is C17H24N2OS. The molecule has 4 heteroatoms. The van der Waals surface area contributed by atoms with Crippen molar-refractivity contribution in [3.05, 3.63) is 46.0 Å². The molecule has 0 spiro atoms. The number of benzene rings is 1. The molecule has 2 rings (SSSR count). The van der Waals surface area contributed by atoms with E-state index < -0.39 is 0 Å². The van der Waals surface area contributed by atoms with Gasteiger partial charge in [0.25, 0.3) is 0 Å². The molecule has 3 nitrogen and oxygen atoms in total. The molecule has 1 unspecified atom stereocenters. The minimum atomic E-state index is 0.0789. The van der Waals surface area contributed by atoms with Crippen LogP contribution in [0.1, 0.15) is 47.9 Å². The highest BCUT2D eigenvalue weighted by Gasteiger charge is 2.17. The Labute approximate surface area is 131 Å². The van der Waals surface area contributed by atoms with Crippen molar-refractivity contribution in [2.75, 3.05) is 11.9 Å². The van der Waals surface area contributed by atoms with E-state index in [1.54, 1.807) is 11.3 Å². The summed E-state index contributed by atoms with van der Waals surface area (Å²) in [4.78, 5) is 7.92. The van der Waals surface area contributed by atoms with Crippen molar-refractivity contribution in [2.45, 2.75) is 46.3 Å². The van der Waals surface area contributed by atoms with E-state index in [0.29, 0.717) is 5.92 Å². The molecule has 0 saturated heterocycles. The summed E-state index contributed by atoms with van der Waals surface area (Å²) in [7, 11) is 2.06. The lowest BCUT2D eigenvalue weighted by Crippen LogP contribution is -2.16. The molecule has 21 heavy (non-hydrogen) atoms. The van der Waals surface area contributed by atoms with Crippen LogP contribution < -0.4 is 4.90 Å². The molecule has 1 aromatic carbocycles. The zero-order chi connectivity index (χ0) is 15.4. The van der Waals surface area contributed by atoms with Gasteiger partial charge in [-0.05, 0) is 30.4 Å². The Bertz CT molecular complexity index is 594. The summed E-state index contributed by atoms with van der Waals surface area (Å²) in [5, 5.41) is 10.5. The average Bonchev–Trinajstić information content (AvgIpc) is 2.93. The van der Waals surface area contributed by atoms with Crippen molar-refractivity contribution in [3.8, 4) is 0 Å². The lowest BCUT2D eigenvalue weighted by Gasteiger charge is -2.17. The molecule has 2 aromatic rings. The van der Waals surface area contributed by atoms with Gasteiger partial charge in [-0.2, -0.15) is 0 Å². The minimum absolute atomic E-state index is 0.0789. The first-order valence-electron chi connectivity index (χ1n) is 7.42. The highest BCUT2D eigenvalue weighted by molar-refractivity contribution is 7.15. The minimum Gasteiger partial charge on any atom is -0.391 e. The van der Waals surface area contributed by atoms with Crippen molar-refractivity contribution >= 4 is 16.5 Å². The van der Waals surface area contributed by atoms with Crippen molar-refractivity contribution in [3.63, 3.8) is 0 Å². The zero-order valence-electron chi connectivity index (χ0n) is 13.3. The Morgan fingerprint density at radius 1 is 1.33 bits per heavy atom. The first-order chi connectivity index (χ1) is 10.1. The van der Waals surface area contributed by atoms with Crippen molar-refractivity contribution in [1.82, 2.24) is 4.98 Å². The molecule has 0 saturated carbocycles. The molecule has 0 amide bonds. The van der Waals surface area contributed by atoms with E-state index in [1.807, 2.05) is 0 Å². The molecule has 1 aromatic heterocycles. The number of anilines is 1. The van der Waals surface area contributed by atoms with E-state index in [2.05, 4.69) is 57.0 Å². The Hall–Kier alpha value is -1.39. The van der Waals surface area contributed by atoms with Crippen LogP contribution in [0.25, 0.3) is 0 Å². The molecule has 0 aliphatic rings. The maximum absolute atomic E-state index is 9.54. The van der Waals surface area contributed by atoms with Crippen LogP contribution >= 0.6 is 11.3 Å². The number of aliphatic hydroxyl groups is 1. The third-order valence-corrected chi connectivity index (χ3v) is 5.10. The van der Waals surface area contributed by atoms with Gasteiger partial charge in [0.2, 0.25) is 0 Å². The van der Waals surface area contributed by atoms with Gasteiger partial charge in [0.05, 0.1) is 17.2 Å². The summed E-state index contributed by atoms with van der Waals surface area (Å²) in [5.74, 6) is 0.393. The molecule has 0 bridgehead atoms. The van der Waals surface area contributed by atoms with Crippen molar-refractivity contribution in [2.24, 2.45) is 0 Å². The third kappa shape index (κ3) is 3.63. The van der Waals surface area contributed by atoms with Gasteiger partial charge in [-0.25, -0.2) is 4.98 Å². The second kappa shape index (κ2) is 7.05. The van der Waals surface area contributed by atoms with E-state index >= 15 is 0 Å². The van der Waals surface area contributed by atoms with E-state index in [4.69, 9.17) is 4.98 Å². The highest BCUT2D eigenvalue weighted by atomic mass is 32.1. The second-order valence-electron chi connectivity index (χ2n) is 5.55. The number of aryl methyl sites for hydroxylation is 1. The molecule has 0 fully saturated rings. The molecule has 0 aliphatic heterocycles. The standard InChI is InChI=1S/C17H24N2OS/c1-5-12(2)16-15(11-20)21-17(18-16)19(4)10-14-9-7-6-8-13(14)3/h6-9,12,20H,5,10-11H2,1-4H3. The number of hydrogen-bond donors (Lipinski definition) is 1. The molecule has 1 N–H and O–H groups in total. The van der Waals surface area contributed by atoms with Crippen LogP contribution in [0.3, 0.4) is 0 Å². The Morgan fingerprint density at radius 2 is 2.05 bits per heavy atom. The van der Waals surface area contributed by atoms with Gasteiger partial charge in [0.1, 0.15) is 0 Å². The SMILES string of the molecule is CCC(C)c1nc(N(C)Cc2ccccc2C)sc1CO. The summed E-state index contributed by atoms with van der Waals surface area (Å²) >= 11 is 1.60. The second-order valence-corrected chi connectivity index (χ2v) is 6.62. The third-order valence-electron chi connectivity index (χ3n) is 3.93. The summed E-state index contributed by atoms with van der Waals surface area (Å²) < 4.78 is 0. The fraction of sp³-hybridized carbons (Fsp3) is 0.471. The normalized spacial score (nSPS) is 12.4. The number of hydrogen-bond acceptors (Lipinski definition) is 4. The number of aliphatic hydroxyl groups excluding tert-OH is 1. The van der Waals surface area contributed by atoms with Crippen LogP contribution in [-0.4, -0.2) is 17.1 Å². The zero-order valence-corrected chi connectivity index (χ0v) is 14.1. The maximum Gasteiger partial charge on any atom is 0.185 e. The van der Waals surface area contributed by atoms with Crippen LogP contribution in [0.2, 0.25) is 0 Å². The fourth-order valence-corrected chi connectivity index (χ4v) is 3.32. The van der Waals surface area contributed by atoms with E-state index in [0.717, 1.165) is 28.7 Å². The summed E-state index contributed by atoms with van der Waals surface area (Å²) in [6, 6.07) is 8.42. The summed E-state index contributed by atoms with van der Waals surface area (Å²) in [5.41, 5.74) is 3.66. The lowest BCUT2D eigenvalue weighted by molar-refractivity contribution is 0.283. The van der Waals surface area contributed by atoms with Gasteiger partial charge in [0, 0.05) is 13.6 Å². The van der Waals surface area contributed by atoms with Crippen LogP contribution in [0.5, 0.6) is 0 Å². The first-order valence-corrected chi connectivity index (χ1v) is 8.24. The Kier molecular flexibility index (Phi) is 5.37. The van der Waals surface area contributed by atoms with Gasteiger partial charge in [-0.1, -0.05) is 49.4 Å². The molecule has 0 radical (unpaired) electrons.